The molecular formula is C56H58O6. The molecule has 6 aromatic carbocycles. The first-order chi connectivity index (χ1) is 30.5. The highest BCUT2D eigenvalue weighted by atomic mass is 16.7. The highest BCUT2D eigenvalue weighted by Crippen LogP contribution is 2.47. The molecule has 0 atom stereocenters. The number of aryl methyl sites for hydroxylation is 2. The summed E-state index contributed by atoms with van der Waals surface area (Å²) in [6, 6.07) is 43.7. The largest absolute Gasteiger partial charge is 0.488 e. The number of fused-ring (bicyclic) bond motifs is 2. The molecule has 4 aliphatic rings. The zero-order valence-electron chi connectivity index (χ0n) is 36.2. The maximum Gasteiger partial charge on any atom is 0.183 e. The van der Waals surface area contributed by atoms with Gasteiger partial charge in [-0.25, -0.2) is 0 Å². The first-order valence-corrected chi connectivity index (χ1v) is 22.9. The minimum Gasteiger partial charge on any atom is -0.488 e. The molecule has 0 amide bonds. The molecular weight excluding hydrogens is 769 g/mol. The summed E-state index contributed by atoms with van der Waals surface area (Å²) >= 11 is 0. The number of benzene rings is 6. The van der Waals surface area contributed by atoms with Gasteiger partial charge in [-0.3, -0.25) is 0 Å². The van der Waals surface area contributed by atoms with Gasteiger partial charge in [0.15, 0.2) is 12.6 Å². The second-order valence-corrected chi connectivity index (χ2v) is 18.0. The fourth-order valence-electron chi connectivity index (χ4n) is 9.56. The summed E-state index contributed by atoms with van der Waals surface area (Å²) in [6.45, 7) is 8.18. The molecule has 0 aromatic heterocycles. The minimum absolute atomic E-state index is 0.284. The van der Waals surface area contributed by atoms with Crippen molar-refractivity contribution in [1.82, 2.24) is 0 Å². The Balaban J connectivity index is 0.875. The molecule has 0 radical (unpaired) electrons. The average Bonchev–Trinajstić information content (AvgIpc) is 3.33. The predicted octanol–water partition coefficient (Wildman–Crippen LogP) is 13.0. The molecule has 2 aliphatic carbocycles. The number of ether oxygens (including phenoxy) is 6. The lowest BCUT2D eigenvalue weighted by molar-refractivity contribution is -0.202. The Labute approximate surface area is 367 Å². The molecule has 6 heteroatoms. The van der Waals surface area contributed by atoms with Crippen LogP contribution in [0.15, 0.2) is 121 Å². The van der Waals surface area contributed by atoms with Gasteiger partial charge in [-0.1, -0.05) is 123 Å². The van der Waals surface area contributed by atoms with Crippen molar-refractivity contribution >= 4 is 0 Å². The summed E-state index contributed by atoms with van der Waals surface area (Å²) in [5.74, 6) is 2.76. The Morgan fingerprint density at radius 2 is 0.742 bits per heavy atom. The lowest BCUT2D eigenvalue weighted by Crippen LogP contribution is -2.24. The molecule has 318 valence electrons. The predicted molar refractivity (Wildman–Crippen MR) is 245 cm³/mol. The molecule has 0 unspecified atom stereocenters. The van der Waals surface area contributed by atoms with Crippen molar-refractivity contribution in [3.8, 4) is 44.9 Å². The fourth-order valence-corrected chi connectivity index (χ4v) is 9.56. The van der Waals surface area contributed by atoms with Crippen LogP contribution in [-0.4, -0.2) is 26.4 Å². The maximum atomic E-state index is 6.89. The highest BCUT2D eigenvalue weighted by Gasteiger charge is 2.27. The zero-order chi connectivity index (χ0) is 41.8. The van der Waals surface area contributed by atoms with Gasteiger partial charge in [-0.15, -0.1) is 0 Å². The van der Waals surface area contributed by atoms with Crippen molar-refractivity contribution in [3.63, 3.8) is 0 Å². The molecule has 0 spiro atoms. The summed E-state index contributed by atoms with van der Waals surface area (Å²) in [6.07, 6.45) is 8.57. The molecule has 0 N–H and O–H groups in total. The molecule has 2 aliphatic heterocycles. The Bertz CT molecular complexity index is 2260. The summed E-state index contributed by atoms with van der Waals surface area (Å²) in [5.41, 5.74) is 17.3. The highest BCUT2D eigenvalue weighted by molar-refractivity contribution is 5.84. The summed E-state index contributed by atoms with van der Waals surface area (Å²) < 4.78 is 37.5. The second-order valence-electron chi connectivity index (χ2n) is 18.0. The summed E-state index contributed by atoms with van der Waals surface area (Å²) in [5, 5.41) is 0. The van der Waals surface area contributed by atoms with Crippen LogP contribution in [-0.2, 0) is 57.8 Å². The molecule has 6 nitrogen and oxygen atoms in total. The van der Waals surface area contributed by atoms with E-state index in [2.05, 4.69) is 135 Å². The zero-order valence-corrected chi connectivity index (χ0v) is 36.2. The van der Waals surface area contributed by atoms with Crippen LogP contribution in [0.5, 0.6) is 11.5 Å². The van der Waals surface area contributed by atoms with E-state index in [-0.39, 0.29) is 12.6 Å². The van der Waals surface area contributed by atoms with E-state index in [1.165, 1.54) is 81.3 Å². The van der Waals surface area contributed by atoms with Crippen molar-refractivity contribution in [2.75, 3.05) is 26.4 Å². The van der Waals surface area contributed by atoms with E-state index < -0.39 is 0 Å². The fraction of sp³-hybridized carbons (Fsp3) is 0.357. The molecule has 2 fully saturated rings. The van der Waals surface area contributed by atoms with Gasteiger partial charge < -0.3 is 28.4 Å². The average molecular weight is 827 g/mol. The van der Waals surface area contributed by atoms with E-state index >= 15 is 0 Å². The molecule has 0 saturated carbocycles. The van der Waals surface area contributed by atoms with Gasteiger partial charge in [0.05, 0.1) is 26.4 Å². The number of rotatable bonds is 11. The van der Waals surface area contributed by atoms with Gasteiger partial charge in [0.2, 0.25) is 0 Å². The third kappa shape index (κ3) is 8.98. The molecule has 2 heterocycles. The van der Waals surface area contributed by atoms with Gasteiger partial charge in [0.1, 0.15) is 24.7 Å². The Morgan fingerprint density at radius 1 is 0.403 bits per heavy atom. The molecule has 10 rings (SSSR count). The van der Waals surface area contributed by atoms with Crippen LogP contribution in [0.4, 0.5) is 0 Å². The lowest BCUT2D eigenvalue weighted by Gasteiger charge is -2.28. The first kappa shape index (κ1) is 40.8. The third-order valence-electron chi connectivity index (χ3n) is 13.1. The normalized spacial score (nSPS) is 21.1. The van der Waals surface area contributed by atoms with E-state index in [1.807, 2.05) is 0 Å². The van der Waals surface area contributed by atoms with Crippen molar-refractivity contribution in [3.05, 3.63) is 166 Å². The smallest absolute Gasteiger partial charge is 0.183 e. The van der Waals surface area contributed by atoms with Gasteiger partial charge in [0, 0.05) is 34.1 Å². The van der Waals surface area contributed by atoms with Crippen LogP contribution >= 0.6 is 0 Å². The van der Waals surface area contributed by atoms with Crippen molar-refractivity contribution in [2.24, 2.45) is 11.8 Å². The van der Waals surface area contributed by atoms with Crippen molar-refractivity contribution in [2.45, 2.75) is 91.0 Å². The van der Waals surface area contributed by atoms with E-state index in [9.17, 15) is 0 Å². The second kappa shape index (κ2) is 18.6. The summed E-state index contributed by atoms with van der Waals surface area (Å²) in [4.78, 5) is 0. The Kier molecular flexibility index (Phi) is 12.3. The number of hydrogen-bond donors (Lipinski definition) is 0. The van der Waals surface area contributed by atoms with Crippen LogP contribution < -0.4 is 9.47 Å². The van der Waals surface area contributed by atoms with Crippen LogP contribution in [0, 0.1) is 11.8 Å². The minimum atomic E-state index is -0.284. The Hall–Kier alpha value is -5.24. The Morgan fingerprint density at radius 3 is 1.11 bits per heavy atom. The van der Waals surface area contributed by atoms with Crippen molar-refractivity contribution < 1.29 is 28.4 Å². The molecule has 2 saturated heterocycles. The quantitative estimate of drug-likeness (QED) is 0.130. The van der Waals surface area contributed by atoms with Crippen molar-refractivity contribution in [1.29, 1.82) is 0 Å². The van der Waals surface area contributed by atoms with Crippen LogP contribution in [0.25, 0.3) is 33.4 Å². The first-order valence-electron chi connectivity index (χ1n) is 22.9. The van der Waals surface area contributed by atoms with E-state index in [0.717, 1.165) is 85.9 Å². The topological polar surface area (TPSA) is 55.4 Å². The summed E-state index contributed by atoms with van der Waals surface area (Å²) in [7, 11) is 0. The standard InChI is InChI=1S/C56H58O6/c1-37-31-59-55(60-32-37)47-23-19-43(20-24-47)41-15-11-39(12-16-41)35-57-51-29-27-45-7-3-5-9-49(45)53(51)54-50-10-6-4-8-46(50)28-30-52(54)58-36-40-13-17-42(18-14-40)44-21-25-48(26-22-44)56-61-33-38(2)34-62-56/h11-30,37-38,55-56H,3-10,31-36H2,1-2H3. The van der Waals surface area contributed by atoms with Gasteiger partial charge in [-0.05, 0) is 119 Å². The third-order valence-corrected chi connectivity index (χ3v) is 13.1. The molecule has 0 bridgehead atoms. The number of hydrogen-bond acceptors (Lipinski definition) is 6. The maximum absolute atomic E-state index is 6.89. The van der Waals surface area contributed by atoms with E-state index in [4.69, 9.17) is 28.4 Å². The van der Waals surface area contributed by atoms with Gasteiger partial charge >= 0.3 is 0 Å². The van der Waals surface area contributed by atoms with Gasteiger partial charge in [0.25, 0.3) is 0 Å². The SMILES string of the molecule is CC1COC(c2ccc(-c3ccc(COc4ccc5c(c4-c4c(OCc6ccc(-c7ccc(C8OCC(C)CO8)cc7)cc6)ccc6c4CCCC6)CCCC5)cc3)cc2)OC1. The molecule has 6 aromatic rings. The van der Waals surface area contributed by atoms with Crippen LogP contribution in [0.3, 0.4) is 0 Å². The van der Waals surface area contributed by atoms with E-state index in [0.29, 0.717) is 25.0 Å². The molecule has 62 heavy (non-hydrogen) atoms. The monoisotopic (exact) mass is 826 g/mol. The van der Waals surface area contributed by atoms with Crippen LogP contribution in [0.1, 0.15) is 96.6 Å². The van der Waals surface area contributed by atoms with Crippen LogP contribution in [0.2, 0.25) is 0 Å². The van der Waals surface area contributed by atoms with Gasteiger partial charge in [-0.2, -0.15) is 0 Å². The lowest BCUT2D eigenvalue weighted by atomic mass is 9.80. The van der Waals surface area contributed by atoms with E-state index in [1.54, 1.807) is 0 Å².